The fourth-order valence-corrected chi connectivity index (χ4v) is 3.50. The van der Waals surface area contributed by atoms with Gasteiger partial charge in [0.1, 0.15) is 11.6 Å². The van der Waals surface area contributed by atoms with Crippen molar-refractivity contribution in [3.05, 3.63) is 45.0 Å². The molecule has 1 N–H and O–H groups in total. The maximum absolute atomic E-state index is 12.4. The van der Waals surface area contributed by atoms with Crippen molar-refractivity contribution in [3.63, 3.8) is 0 Å². The number of nitrogens with zero attached hydrogens (tertiary/aromatic N) is 4. The quantitative estimate of drug-likeness (QED) is 0.642. The molecular formula is C15H17N5O4S. The molecule has 0 bridgehead atoms. The second-order valence-electron chi connectivity index (χ2n) is 5.53. The third kappa shape index (κ3) is 3.85. The van der Waals surface area contributed by atoms with Gasteiger partial charge in [-0.1, -0.05) is 11.3 Å². The molecule has 1 aromatic carbocycles. The molecule has 3 rings (SSSR count). The monoisotopic (exact) mass is 363 g/mol. The number of likely N-dealkylation sites (tertiary alicyclic amines) is 1. The first kappa shape index (κ1) is 17.1. The number of amides is 1. The predicted octanol–water partition coefficient (Wildman–Crippen LogP) is 2.96. The number of non-ortho nitro benzene ring substituents is 1. The summed E-state index contributed by atoms with van der Waals surface area (Å²) < 4.78 is 5.36. The molecule has 0 radical (unpaired) electrons. The number of carbonyl (C=O) groups is 1. The van der Waals surface area contributed by atoms with Gasteiger partial charge in [-0.2, -0.15) is 0 Å². The number of nitro benzene ring substituents is 1. The maximum Gasteiger partial charge on any atom is 0.410 e. The number of nitro groups is 1. The molecule has 1 fully saturated rings. The zero-order valence-electron chi connectivity index (χ0n) is 13.5. The summed E-state index contributed by atoms with van der Waals surface area (Å²) >= 11 is 1.42. The van der Waals surface area contributed by atoms with E-state index in [0.717, 1.165) is 17.8 Å². The smallest absolute Gasteiger partial charge is 0.410 e. The molecule has 1 aliphatic rings. The van der Waals surface area contributed by atoms with Crippen molar-refractivity contribution in [2.75, 3.05) is 18.9 Å². The minimum Gasteiger partial charge on any atom is -0.445 e. The van der Waals surface area contributed by atoms with E-state index in [1.807, 2.05) is 0 Å². The van der Waals surface area contributed by atoms with Gasteiger partial charge in [0.15, 0.2) is 0 Å². The van der Waals surface area contributed by atoms with Gasteiger partial charge in [0.25, 0.3) is 5.69 Å². The second kappa shape index (κ2) is 7.43. The normalized spacial score (nSPS) is 16.7. The van der Waals surface area contributed by atoms with Crippen LogP contribution in [-0.4, -0.2) is 39.7 Å². The highest BCUT2D eigenvalue weighted by Gasteiger charge is 2.33. The highest BCUT2D eigenvalue weighted by molar-refractivity contribution is 7.15. The highest BCUT2D eigenvalue weighted by Crippen LogP contribution is 2.35. The lowest BCUT2D eigenvalue weighted by Gasteiger charge is -2.22. The third-order valence-electron chi connectivity index (χ3n) is 3.94. The van der Waals surface area contributed by atoms with Crippen LogP contribution in [0.3, 0.4) is 0 Å². The zero-order chi connectivity index (χ0) is 17.8. The van der Waals surface area contributed by atoms with Crippen LogP contribution in [0.1, 0.15) is 29.5 Å². The first-order chi connectivity index (χ1) is 12.1. The lowest BCUT2D eigenvalue weighted by atomic mass is 10.2. The van der Waals surface area contributed by atoms with Crippen LogP contribution in [0, 0.1) is 10.1 Å². The lowest BCUT2D eigenvalue weighted by Crippen LogP contribution is -2.31. The van der Waals surface area contributed by atoms with Crippen LogP contribution in [0.4, 0.5) is 15.6 Å². The Morgan fingerprint density at radius 1 is 1.44 bits per heavy atom. The Labute approximate surface area is 147 Å². The summed E-state index contributed by atoms with van der Waals surface area (Å²) in [7, 11) is 1.77. The summed E-state index contributed by atoms with van der Waals surface area (Å²) in [5, 5.41) is 23.2. The minimum absolute atomic E-state index is 0.00583. The summed E-state index contributed by atoms with van der Waals surface area (Å²) in [6, 6.07) is 5.82. The molecule has 132 valence electrons. The van der Waals surface area contributed by atoms with E-state index in [1.165, 1.54) is 23.5 Å². The average Bonchev–Trinajstić information content (AvgIpc) is 3.28. The van der Waals surface area contributed by atoms with Gasteiger partial charge in [-0.3, -0.25) is 15.0 Å². The van der Waals surface area contributed by atoms with Gasteiger partial charge in [0.05, 0.1) is 11.0 Å². The summed E-state index contributed by atoms with van der Waals surface area (Å²) in [6.45, 7) is 0.677. The Bertz CT molecular complexity index is 764. The summed E-state index contributed by atoms with van der Waals surface area (Å²) in [5.74, 6) is 0. The zero-order valence-corrected chi connectivity index (χ0v) is 14.4. The minimum atomic E-state index is -0.466. The van der Waals surface area contributed by atoms with Crippen molar-refractivity contribution in [3.8, 4) is 0 Å². The molecule has 25 heavy (non-hydrogen) atoms. The Morgan fingerprint density at radius 3 is 2.84 bits per heavy atom. The Kier molecular flexibility index (Phi) is 5.08. The molecule has 1 unspecified atom stereocenters. The molecule has 1 aliphatic heterocycles. The predicted molar refractivity (Wildman–Crippen MR) is 91.4 cm³/mol. The van der Waals surface area contributed by atoms with E-state index in [2.05, 4.69) is 15.5 Å². The molecule has 2 heterocycles. The van der Waals surface area contributed by atoms with Crippen LogP contribution >= 0.6 is 11.3 Å². The SMILES string of the molecule is CNc1nnc(C2CCCN2C(=O)OCc2ccc([N+](=O)[O-])cc2)s1. The highest BCUT2D eigenvalue weighted by atomic mass is 32.1. The van der Waals surface area contributed by atoms with Gasteiger partial charge < -0.3 is 10.1 Å². The van der Waals surface area contributed by atoms with Crippen molar-refractivity contribution in [2.45, 2.75) is 25.5 Å². The molecule has 1 aromatic heterocycles. The van der Waals surface area contributed by atoms with E-state index in [9.17, 15) is 14.9 Å². The summed E-state index contributed by atoms with van der Waals surface area (Å²) in [6.07, 6.45) is 1.29. The van der Waals surface area contributed by atoms with E-state index < -0.39 is 11.0 Å². The Hall–Kier alpha value is -2.75. The van der Waals surface area contributed by atoms with Crippen LogP contribution in [0.25, 0.3) is 0 Å². The van der Waals surface area contributed by atoms with E-state index >= 15 is 0 Å². The number of nitrogens with one attached hydrogen (secondary N) is 1. The van der Waals surface area contributed by atoms with Crippen molar-refractivity contribution < 1.29 is 14.5 Å². The number of rotatable bonds is 5. The third-order valence-corrected chi connectivity index (χ3v) is 4.98. The number of hydrogen-bond donors (Lipinski definition) is 1. The largest absolute Gasteiger partial charge is 0.445 e. The summed E-state index contributed by atoms with van der Waals surface area (Å²) in [5.41, 5.74) is 0.703. The Morgan fingerprint density at radius 2 is 2.20 bits per heavy atom. The van der Waals surface area contributed by atoms with Gasteiger partial charge in [-0.25, -0.2) is 4.79 Å². The molecule has 1 atom stereocenters. The standard InChI is InChI=1S/C15H17N5O4S/c1-16-14-18-17-13(25-14)12-3-2-8-19(12)15(21)24-9-10-4-6-11(7-5-10)20(22)23/h4-7,12H,2-3,8-9H2,1H3,(H,16,18). The van der Waals surface area contributed by atoms with Crippen molar-refractivity contribution in [1.82, 2.24) is 15.1 Å². The molecule has 1 amide bonds. The van der Waals surface area contributed by atoms with E-state index in [-0.39, 0.29) is 18.3 Å². The Balaban J connectivity index is 1.60. The second-order valence-corrected chi connectivity index (χ2v) is 6.53. The first-order valence-electron chi connectivity index (χ1n) is 7.76. The van der Waals surface area contributed by atoms with Crippen LogP contribution in [0.2, 0.25) is 0 Å². The number of benzene rings is 1. The molecule has 0 saturated carbocycles. The van der Waals surface area contributed by atoms with E-state index in [0.29, 0.717) is 17.2 Å². The number of aromatic nitrogens is 2. The molecule has 0 spiro atoms. The fraction of sp³-hybridized carbons (Fsp3) is 0.400. The van der Waals surface area contributed by atoms with Crippen LogP contribution in [-0.2, 0) is 11.3 Å². The van der Waals surface area contributed by atoms with Gasteiger partial charge >= 0.3 is 6.09 Å². The van der Waals surface area contributed by atoms with Gasteiger partial charge in [0.2, 0.25) is 5.13 Å². The number of hydrogen-bond acceptors (Lipinski definition) is 8. The average molecular weight is 363 g/mol. The van der Waals surface area contributed by atoms with Crippen molar-refractivity contribution in [2.24, 2.45) is 0 Å². The number of anilines is 1. The molecule has 1 saturated heterocycles. The molecule has 0 aliphatic carbocycles. The molecule has 9 nitrogen and oxygen atoms in total. The number of carbonyl (C=O) groups excluding carboxylic acids is 1. The topological polar surface area (TPSA) is 110 Å². The molecule has 2 aromatic rings. The number of ether oxygens (including phenoxy) is 1. The maximum atomic E-state index is 12.4. The van der Waals surface area contributed by atoms with Gasteiger partial charge in [-0.15, -0.1) is 10.2 Å². The fourth-order valence-electron chi connectivity index (χ4n) is 2.65. The lowest BCUT2D eigenvalue weighted by molar-refractivity contribution is -0.384. The van der Waals surface area contributed by atoms with Crippen molar-refractivity contribution >= 4 is 28.2 Å². The first-order valence-corrected chi connectivity index (χ1v) is 8.58. The van der Waals surface area contributed by atoms with E-state index in [4.69, 9.17) is 4.74 Å². The van der Waals surface area contributed by atoms with Crippen LogP contribution in [0.5, 0.6) is 0 Å². The van der Waals surface area contributed by atoms with E-state index in [1.54, 1.807) is 24.1 Å². The van der Waals surface area contributed by atoms with Crippen LogP contribution in [0.15, 0.2) is 24.3 Å². The van der Waals surface area contributed by atoms with Gasteiger partial charge in [0, 0.05) is 25.7 Å². The van der Waals surface area contributed by atoms with Gasteiger partial charge in [-0.05, 0) is 30.5 Å². The molecule has 10 heteroatoms. The summed E-state index contributed by atoms with van der Waals surface area (Å²) in [4.78, 5) is 24.2. The van der Waals surface area contributed by atoms with Crippen molar-refractivity contribution in [1.29, 1.82) is 0 Å². The molecular weight excluding hydrogens is 346 g/mol. The van der Waals surface area contributed by atoms with Crippen LogP contribution < -0.4 is 5.32 Å².